The number of hydrogen-bond acceptors (Lipinski definition) is 8. The Morgan fingerprint density at radius 2 is 1.30 bits per heavy atom. The zero-order valence-electron chi connectivity index (χ0n) is 23.4. The molecule has 10 heteroatoms. The van der Waals surface area contributed by atoms with Gasteiger partial charge in [0.15, 0.2) is 5.82 Å². The van der Waals surface area contributed by atoms with Gasteiger partial charge in [0.1, 0.15) is 28.0 Å². The zero-order chi connectivity index (χ0) is 30.5. The van der Waals surface area contributed by atoms with Gasteiger partial charge in [0.2, 0.25) is 5.43 Å². The van der Waals surface area contributed by atoms with Crippen molar-refractivity contribution in [2.45, 2.75) is 13.8 Å². The van der Waals surface area contributed by atoms with Crippen molar-refractivity contribution in [1.29, 1.82) is 0 Å². The molecule has 0 bridgehead atoms. The molecule has 0 radical (unpaired) electrons. The maximum atomic E-state index is 14.3. The van der Waals surface area contributed by atoms with Gasteiger partial charge in [-0.05, 0) is 61.9 Å². The van der Waals surface area contributed by atoms with E-state index in [1.54, 1.807) is 6.20 Å². The summed E-state index contributed by atoms with van der Waals surface area (Å²) in [5.41, 5.74) is 5.52. The van der Waals surface area contributed by atoms with Crippen LogP contribution in [0.4, 0.5) is 31.7 Å². The molecule has 0 N–H and O–H groups in total. The lowest BCUT2D eigenvalue weighted by atomic mass is 10.0. The lowest BCUT2D eigenvalue weighted by Gasteiger charge is -2.26. The fourth-order valence-electron chi connectivity index (χ4n) is 5.23. The maximum Gasteiger partial charge on any atom is 0.252 e. The van der Waals surface area contributed by atoms with Crippen molar-refractivity contribution >= 4 is 56.4 Å². The van der Waals surface area contributed by atoms with Crippen LogP contribution in [0.1, 0.15) is 11.1 Å². The SMILES string of the molecule is Cc1ccc(N(c2ccc(C)cc2)c2ccc(-c3cnc(/N=c4\c(=O)c(=O)c5c(F)cc(F)cc45)c4nsnc34)cc2)cc1. The Balaban J connectivity index is 1.31. The number of hydrogen-bond donors (Lipinski definition) is 0. The van der Waals surface area contributed by atoms with E-state index in [0.29, 0.717) is 22.7 Å². The van der Waals surface area contributed by atoms with Crippen LogP contribution in [-0.4, -0.2) is 13.7 Å². The van der Waals surface area contributed by atoms with Crippen LogP contribution in [-0.2, 0) is 0 Å². The molecule has 5 aromatic carbocycles. The third kappa shape index (κ3) is 4.65. The monoisotopic (exact) mass is 601 g/mol. The third-order valence-electron chi connectivity index (χ3n) is 7.47. The number of benzene rings is 4. The number of halogens is 2. The lowest BCUT2D eigenvalue weighted by molar-refractivity contribution is 0.592. The second-order valence-electron chi connectivity index (χ2n) is 10.4. The van der Waals surface area contributed by atoms with Crippen LogP contribution in [0.2, 0.25) is 0 Å². The van der Waals surface area contributed by atoms with Crippen LogP contribution in [0.5, 0.6) is 0 Å². The highest BCUT2D eigenvalue weighted by atomic mass is 32.1. The molecule has 44 heavy (non-hydrogen) atoms. The van der Waals surface area contributed by atoms with Gasteiger partial charge in [-0.2, -0.15) is 8.75 Å². The smallest absolute Gasteiger partial charge is 0.252 e. The molecule has 2 heterocycles. The molecule has 0 unspecified atom stereocenters. The molecular weight excluding hydrogens is 580 g/mol. The Kier molecular flexibility index (Phi) is 6.63. The minimum absolute atomic E-state index is 0.0210. The molecule has 0 fully saturated rings. The van der Waals surface area contributed by atoms with Gasteiger partial charge in [-0.3, -0.25) is 9.59 Å². The van der Waals surface area contributed by atoms with E-state index in [0.717, 1.165) is 40.4 Å². The van der Waals surface area contributed by atoms with E-state index in [4.69, 9.17) is 0 Å². The second kappa shape index (κ2) is 10.7. The Hall–Kier alpha value is -5.48. The summed E-state index contributed by atoms with van der Waals surface area (Å²) in [7, 11) is 0. The predicted octanol–water partition coefficient (Wildman–Crippen LogP) is 7.10. The molecule has 0 amide bonds. The average Bonchev–Trinajstić information content (AvgIpc) is 3.60. The summed E-state index contributed by atoms with van der Waals surface area (Å²) in [6, 6.07) is 26.1. The van der Waals surface area contributed by atoms with E-state index < -0.39 is 27.9 Å². The van der Waals surface area contributed by atoms with Crippen LogP contribution in [0.3, 0.4) is 0 Å². The van der Waals surface area contributed by atoms with E-state index in [-0.39, 0.29) is 16.6 Å². The fourth-order valence-corrected chi connectivity index (χ4v) is 5.79. The summed E-state index contributed by atoms with van der Waals surface area (Å²) in [5.74, 6) is -2.01. The number of aromatic nitrogens is 3. The predicted molar refractivity (Wildman–Crippen MR) is 169 cm³/mol. The topological polar surface area (TPSA) is 88.4 Å². The Morgan fingerprint density at radius 3 is 1.91 bits per heavy atom. The van der Waals surface area contributed by atoms with Gasteiger partial charge >= 0.3 is 0 Å². The number of nitrogens with zero attached hydrogens (tertiary/aromatic N) is 5. The Labute approximate surface area is 253 Å². The molecule has 0 atom stereocenters. The molecule has 0 spiro atoms. The van der Waals surface area contributed by atoms with E-state index >= 15 is 0 Å². The van der Waals surface area contributed by atoms with E-state index in [1.165, 1.54) is 11.1 Å². The van der Waals surface area contributed by atoms with Gasteiger partial charge in [0, 0.05) is 40.3 Å². The number of pyridine rings is 1. The first-order valence-electron chi connectivity index (χ1n) is 13.6. The summed E-state index contributed by atoms with van der Waals surface area (Å²) in [6.45, 7) is 4.11. The highest BCUT2D eigenvalue weighted by molar-refractivity contribution is 7.00. The van der Waals surface area contributed by atoms with E-state index in [1.807, 2.05) is 24.3 Å². The molecular formula is C34H21F2N5O2S. The number of aryl methyl sites for hydroxylation is 2. The number of rotatable bonds is 5. The summed E-state index contributed by atoms with van der Waals surface area (Å²) in [4.78, 5) is 36.0. The van der Waals surface area contributed by atoms with Crippen molar-refractivity contribution in [3.8, 4) is 11.1 Å². The van der Waals surface area contributed by atoms with Gasteiger partial charge < -0.3 is 4.90 Å². The molecule has 0 saturated carbocycles. The molecule has 0 saturated heterocycles. The molecule has 7 aromatic rings. The van der Waals surface area contributed by atoms with Crippen LogP contribution in [0.15, 0.2) is 106 Å². The van der Waals surface area contributed by atoms with Crippen molar-refractivity contribution in [3.05, 3.63) is 140 Å². The van der Waals surface area contributed by atoms with Gasteiger partial charge in [0.05, 0.1) is 17.1 Å². The molecule has 214 valence electrons. The Bertz CT molecular complexity index is 2320. The molecule has 2 aromatic heterocycles. The van der Waals surface area contributed by atoms with Gasteiger partial charge in [-0.1, -0.05) is 47.5 Å². The standard InChI is InChI=1S/C34H21F2N5O2S/c1-18-3-9-22(10-4-18)41(23-11-5-19(2)6-12-23)24-13-7-20(8-14-24)26-17-37-34(31-29(26)39-44-40-31)38-30-25-15-21(35)16-27(36)28(25)32(42)33(30)43/h3-17H,1-2H3/b38-30-. The maximum absolute atomic E-state index is 14.3. The first kappa shape index (κ1) is 27.4. The first-order chi connectivity index (χ1) is 21.3. The summed E-state index contributed by atoms with van der Waals surface area (Å²) in [6.07, 6.45) is 1.56. The van der Waals surface area contributed by atoms with Crippen LogP contribution < -0.4 is 21.1 Å². The van der Waals surface area contributed by atoms with Crippen LogP contribution in [0.25, 0.3) is 32.9 Å². The van der Waals surface area contributed by atoms with Gasteiger partial charge in [0.25, 0.3) is 5.43 Å². The van der Waals surface area contributed by atoms with Crippen LogP contribution in [0, 0.1) is 25.5 Å². The van der Waals surface area contributed by atoms with E-state index in [9.17, 15) is 18.4 Å². The third-order valence-corrected chi connectivity index (χ3v) is 8.00. The minimum Gasteiger partial charge on any atom is -0.311 e. The second-order valence-corrected chi connectivity index (χ2v) is 11.0. The highest BCUT2D eigenvalue weighted by Gasteiger charge is 2.19. The number of anilines is 3. The minimum atomic E-state index is -1.11. The molecule has 0 aliphatic rings. The summed E-state index contributed by atoms with van der Waals surface area (Å²) in [5, 5.41) is -1.08. The quantitative estimate of drug-likeness (QED) is 0.196. The number of fused-ring (bicyclic) bond motifs is 2. The summed E-state index contributed by atoms with van der Waals surface area (Å²) >= 11 is 0.941. The normalized spacial score (nSPS) is 12.0. The van der Waals surface area contributed by atoms with Crippen LogP contribution >= 0.6 is 11.7 Å². The van der Waals surface area contributed by atoms with Crippen molar-refractivity contribution in [1.82, 2.24) is 13.7 Å². The fraction of sp³-hybridized carbons (Fsp3) is 0.0588. The van der Waals surface area contributed by atoms with Crippen molar-refractivity contribution in [2.75, 3.05) is 4.90 Å². The zero-order valence-corrected chi connectivity index (χ0v) is 24.2. The molecule has 7 rings (SSSR count). The summed E-state index contributed by atoms with van der Waals surface area (Å²) < 4.78 is 37.1. The molecule has 0 aliphatic carbocycles. The average molecular weight is 602 g/mol. The lowest BCUT2D eigenvalue weighted by Crippen LogP contribution is -2.30. The Morgan fingerprint density at radius 1 is 0.727 bits per heavy atom. The molecule has 0 aliphatic heterocycles. The van der Waals surface area contributed by atoms with Crippen molar-refractivity contribution < 1.29 is 8.78 Å². The highest BCUT2D eigenvalue weighted by Crippen LogP contribution is 2.37. The largest absolute Gasteiger partial charge is 0.311 e. The molecule has 7 nitrogen and oxygen atoms in total. The van der Waals surface area contributed by atoms with Gasteiger partial charge in [-0.25, -0.2) is 18.8 Å². The van der Waals surface area contributed by atoms with E-state index in [2.05, 4.69) is 86.0 Å². The van der Waals surface area contributed by atoms with Crippen molar-refractivity contribution in [3.63, 3.8) is 0 Å². The van der Waals surface area contributed by atoms with Crippen molar-refractivity contribution in [2.24, 2.45) is 4.99 Å². The first-order valence-corrected chi connectivity index (χ1v) is 14.3. The van der Waals surface area contributed by atoms with Gasteiger partial charge in [-0.15, -0.1) is 0 Å².